The molecule has 0 heterocycles. The second kappa shape index (κ2) is 12.7. The van der Waals surface area contributed by atoms with Gasteiger partial charge in [-0.05, 0) is 29.7 Å². The van der Waals surface area contributed by atoms with E-state index < -0.39 is 24.7 Å². The number of ether oxygens (including phenoxy) is 1. The Hall–Kier alpha value is -3.92. The summed E-state index contributed by atoms with van der Waals surface area (Å²) in [6, 6.07) is 14.2. The predicted octanol–water partition coefficient (Wildman–Crippen LogP) is 1.62. The van der Waals surface area contributed by atoms with Crippen LogP contribution in [0.3, 0.4) is 0 Å². The van der Waals surface area contributed by atoms with Crippen molar-refractivity contribution in [2.75, 3.05) is 11.5 Å². The van der Waals surface area contributed by atoms with Crippen molar-refractivity contribution >= 4 is 30.0 Å². The third-order valence-corrected chi connectivity index (χ3v) is 4.56. The van der Waals surface area contributed by atoms with Crippen molar-refractivity contribution in [3.8, 4) is 0 Å². The van der Waals surface area contributed by atoms with E-state index in [4.69, 9.17) is 10.6 Å². The van der Waals surface area contributed by atoms with Crippen molar-refractivity contribution in [3.63, 3.8) is 0 Å². The molecule has 32 heavy (non-hydrogen) atoms. The summed E-state index contributed by atoms with van der Waals surface area (Å²) in [5.74, 6) is 3.40. The van der Waals surface area contributed by atoms with Crippen molar-refractivity contribution in [2.45, 2.75) is 31.9 Å². The zero-order valence-electron chi connectivity index (χ0n) is 17.4. The normalized spacial score (nSPS) is 11.7. The van der Waals surface area contributed by atoms with Gasteiger partial charge in [0, 0.05) is 25.1 Å². The van der Waals surface area contributed by atoms with Gasteiger partial charge in [-0.15, -0.1) is 0 Å². The number of aliphatic hydroxyl groups is 1. The zero-order valence-corrected chi connectivity index (χ0v) is 17.4. The van der Waals surface area contributed by atoms with Gasteiger partial charge in [0.25, 0.3) is 0 Å². The lowest BCUT2D eigenvalue weighted by atomic mass is 10.1. The molecule has 2 amide bonds. The van der Waals surface area contributed by atoms with Crippen LogP contribution in [0.5, 0.6) is 0 Å². The molecule has 1 atom stereocenters. The van der Waals surface area contributed by atoms with E-state index in [1.165, 1.54) is 0 Å². The summed E-state index contributed by atoms with van der Waals surface area (Å²) in [5, 5.41) is 24.5. The summed E-state index contributed by atoms with van der Waals surface area (Å²) in [6.45, 7) is -0.445. The first kappa shape index (κ1) is 24.4. The molecule has 10 heteroatoms. The van der Waals surface area contributed by atoms with Crippen molar-refractivity contribution in [1.29, 1.82) is 0 Å². The Morgan fingerprint density at radius 1 is 1.09 bits per heavy atom. The molecular weight excluding hydrogens is 416 g/mol. The van der Waals surface area contributed by atoms with Gasteiger partial charge in [-0.25, -0.2) is 9.59 Å². The van der Waals surface area contributed by atoms with Crippen LogP contribution in [0.2, 0.25) is 0 Å². The molecule has 0 aliphatic heterocycles. The lowest BCUT2D eigenvalue weighted by Crippen LogP contribution is -2.46. The molecule has 0 saturated heterocycles. The van der Waals surface area contributed by atoms with Crippen LogP contribution in [0.1, 0.15) is 24.0 Å². The first-order valence-corrected chi connectivity index (χ1v) is 9.90. The second-order valence-corrected chi connectivity index (χ2v) is 6.79. The van der Waals surface area contributed by atoms with Crippen molar-refractivity contribution in [2.24, 2.45) is 10.9 Å². The highest BCUT2D eigenvalue weighted by Gasteiger charge is 2.32. The van der Waals surface area contributed by atoms with Gasteiger partial charge in [-0.3, -0.25) is 9.69 Å². The highest BCUT2D eigenvalue weighted by Crippen LogP contribution is 2.22. The molecule has 2 aromatic carbocycles. The minimum atomic E-state index is -1.31. The zero-order chi connectivity index (χ0) is 23.3. The van der Waals surface area contributed by atoms with E-state index in [1.54, 1.807) is 48.5 Å². The number of anilines is 1. The number of hydrogen-bond donors (Lipinski definition) is 4. The molecule has 0 unspecified atom stereocenters. The lowest BCUT2D eigenvalue weighted by Gasteiger charge is -2.28. The van der Waals surface area contributed by atoms with Gasteiger partial charge < -0.3 is 26.1 Å². The van der Waals surface area contributed by atoms with E-state index in [0.717, 1.165) is 22.4 Å². The first-order valence-electron chi connectivity index (χ1n) is 9.90. The van der Waals surface area contributed by atoms with Crippen molar-refractivity contribution in [1.82, 2.24) is 5.32 Å². The number of nitrogens with zero attached hydrogens (tertiary/aromatic N) is 2. The number of nitrogens with one attached hydrogen (secondary N) is 1. The summed E-state index contributed by atoms with van der Waals surface area (Å²) in [7, 11) is 0. The summed E-state index contributed by atoms with van der Waals surface area (Å²) < 4.78 is 5.34. The van der Waals surface area contributed by atoms with Crippen LogP contribution < -0.4 is 16.1 Å². The van der Waals surface area contributed by atoms with Crippen LogP contribution in [0.25, 0.3) is 0 Å². The number of hydrogen-bond acceptors (Lipinski definition) is 7. The fourth-order valence-electron chi connectivity index (χ4n) is 2.95. The monoisotopic (exact) mass is 442 g/mol. The Kier molecular flexibility index (Phi) is 9.67. The summed E-state index contributed by atoms with van der Waals surface area (Å²) in [4.78, 5) is 37.3. The minimum Gasteiger partial charge on any atom is -0.480 e. The Labute approximate surface area is 185 Å². The number of aliphatic carboxylic acids is 1. The molecule has 0 bridgehead atoms. The van der Waals surface area contributed by atoms with Crippen molar-refractivity contribution in [3.05, 3.63) is 65.7 Å². The smallest absolute Gasteiger partial charge is 0.415 e. The molecule has 0 spiro atoms. The third-order valence-electron chi connectivity index (χ3n) is 4.56. The molecule has 170 valence electrons. The van der Waals surface area contributed by atoms with E-state index in [-0.39, 0.29) is 25.4 Å². The van der Waals surface area contributed by atoms with Crippen molar-refractivity contribution < 1.29 is 29.3 Å². The van der Waals surface area contributed by atoms with Gasteiger partial charge in [-0.1, -0.05) is 42.5 Å². The van der Waals surface area contributed by atoms with Gasteiger partial charge in [0.1, 0.15) is 19.0 Å². The molecule has 0 aliphatic rings. The van der Waals surface area contributed by atoms with Gasteiger partial charge in [0.05, 0.1) is 0 Å². The molecule has 0 radical (unpaired) electrons. The van der Waals surface area contributed by atoms with E-state index >= 15 is 0 Å². The van der Waals surface area contributed by atoms with E-state index in [1.807, 2.05) is 6.07 Å². The number of rotatable bonds is 11. The topological polar surface area (TPSA) is 155 Å². The van der Waals surface area contributed by atoms with E-state index in [0.29, 0.717) is 12.1 Å². The average molecular weight is 442 g/mol. The molecule has 0 aromatic heterocycles. The summed E-state index contributed by atoms with van der Waals surface area (Å²) in [5.41, 5.74) is 1.86. The Bertz CT molecular complexity index is 918. The number of carbonyl (C=O) groups is 3. The number of carboxylic acids is 1. The molecule has 2 rings (SSSR count). The van der Waals surface area contributed by atoms with Crippen LogP contribution >= 0.6 is 0 Å². The number of amides is 2. The maximum absolute atomic E-state index is 12.8. The highest BCUT2D eigenvalue weighted by molar-refractivity contribution is 5.95. The SMILES string of the molecule is NN=CNC(=O)CCc1ccc(N(C(=O)OCc2ccccc2)[C@@H](CCO)C(=O)O)cc1. The number of benzene rings is 2. The quantitative estimate of drug-likeness (QED) is 0.178. The molecule has 0 fully saturated rings. The van der Waals surface area contributed by atoms with Gasteiger partial charge in [0.2, 0.25) is 5.91 Å². The Morgan fingerprint density at radius 3 is 2.38 bits per heavy atom. The number of carboxylic acid groups (broad SMARTS) is 1. The summed E-state index contributed by atoms with van der Waals surface area (Å²) in [6.07, 6.45) is 0.694. The molecule has 2 aromatic rings. The number of hydrazone groups is 1. The fraction of sp³-hybridized carbons (Fsp3) is 0.273. The minimum absolute atomic E-state index is 0.0268. The second-order valence-electron chi connectivity index (χ2n) is 6.79. The molecule has 10 nitrogen and oxygen atoms in total. The number of aryl methyl sites for hydroxylation is 1. The van der Waals surface area contributed by atoms with Crippen LogP contribution in [-0.2, 0) is 27.4 Å². The van der Waals surface area contributed by atoms with Crippen LogP contribution in [-0.4, -0.2) is 47.2 Å². The number of carbonyl (C=O) groups excluding carboxylic acids is 2. The first-order chi connectivity index (χ1) is 15.5. The Morgan fingerprint density at radius 2 is 1.78 bits per heavy atom. The average Bonchev–Trinajstić information content (AvgIpc) is 2.81. The number of nitrogens with two attached hydrogens (primary N) is 1. The maximum atomic E-state index is 12.8. The molecule has 0 saturated carbocycles. The van der Waals surface area contributed by atoms with Gasteiger partial charge >= 0.3 is 12.1 Å². The van der Waals surface area contributed by atoms with Gasteiger partial charge in [0.15, 0.2) is 0 Å². The van der Waals surface area contributed by atoms with Crippen LogP contribution in [0.15, 0.2) is 59.7 Å². The summed E-state index contributed by atoms with van der Waals surface area (Å²) >= 11 is 0. The lowest BCUT2D eigenvalue weighted by molar-refractivity contribution is -0.139. The molecule has 5 N–H and O–H groups in total. The largest absolute Gasteiger partial charge is 0.480 e. The Balaban J connectivity index is 2.16. The number of aliphatic hydroxyl groups excluding tert-OH is 1. The molecular formula is C22H26N4O6. The van der Waals surface area contributed by atoms with E-state index in [9.17, 15) is 24.6 Å². The third kappa shape index (κ3) is 7.40. The van der Waals surface area contributed by atoms with Crippen LogP contribution in [0.4, 0.5) is 10.5 Å². The molecule has 0 aliphatic carbocycles. The van der Waals surface area contributed by atoms with Crippen LogP contribution in [0, 0.1) is 0 Å². The van der Waals surface area contributed by atoms with Gasteiger partial charge in [-0.2, -0.15) is 5.10 Å². The van der Waals surface area contributed by atoms with E-state index in [2.05, 4.69) is 10.4 Å². The standard InChI is InChI=1S/C22H26N4O6/c23-25-15-24-20(28)11-8-16-6-9-18(10-7-16)26(19(12-13-27)21(29)30)22(31)32-14-17-4-2-1-3-5-17/h1-7,9-10,15,19,27H,8,11-14,23H2,(H,29,30)(H,24,25,28)/t19-/m0/s1. The fourth-order valence-corrected chi connectivity index (χ4v) is 2.95. The predicted molar refractivity (Wildman–Crippen MR) is 118 cm³/mol. The maximum Gasteiger partial charge on any atom is 0.415 e. The highest BCUT2D eigenvalue weighted by atomic mass is 16.6.